The van der Waals surface area contributed by atoms with Crippen molar-refractivity contribution in [3.8, 4) is 5.69 Å². The van der Waals surface area contributed by atoms with Gasteiger partial charge in [0.05, 0.1) is 34.3 Å². The third kappa shape index (κ3) is 7.01. The Kier molecular flexibility index (Phi) is 10.5. The summed E-state index contributed by atoms with van der Waals surface area (Å²) in [4.78, 5) is 7.31. The van der Waals surface area contributed by atoms with Gasteiger partial charge in [0.15, 0.2) is 5.58 Å². The molecule has 0 saturated heterocycles. The SMILES string of the molecule is C=C1/C=C\C(c2ccc(N(c3ccccc3)c3c(C)ccc4c3oc3ccccc34)cc2)=C2\c3ccccc3N2c2cc3c4c5n(c3cc21)-c1ccccc1C5C(c1ccc(N(c2ccccc2)C2c3oc5ccccc5c3C=CC2C)cc1)C=C4. The van der Waals surface area contributed by atoms with E-state index < -0.39 is 0 Å². The lowest BCUT2D eigenvalue weighted by Crippen LogP contribution is -2.30. The molecule has 6 heteroatoms. The van der Waals surface area contributed by atoms with Crippen molar-refractivity contribution in [3.05, 3.63) is 317 Å². The predicted molar refractivity (Wildman–Crippen MR) is 356 cm³/mol. The average Bonchev–Trinajstić information content (AvgIpc) is 1.46. The van der Waals surface area contributed by atoms with Crippen molar-refractivity contribution in [2.45, 2.75) is 31.7 Å². The van der Waals surface area contributed by atoms with Crippen LogP contribution in [0.15, 0.2) is 270 Å². The maximum Gasteiger partial charge on any atom is 0.159 e. The van der Waals surface area contributed by atoms with Crippen molar-refractivity contribution in [1.29, 1.82) is 0 Å². The van der Waals surface area contributed by atoms with Crippen LogP contribution in [-0.4, -0.2) is 4.57 Å². The van der Waals surface area contributed by atoms with Gasteiger partial charge in [-0.15, -0.1) is 0 Å². The van der Waals surface area contributed by atoms with Crippen molar-refractivity contribution < 1.29 is 8.83 Å². The van der Waals surface area contributed by atoms with Crippen molar-refractivity contribution in [1.82, 2.24) is 4.57 Å². The summed E-state index contributed by atoms with van der Waals surface area (Å²) in [5, 5.41) is 4.61. The van der Waals surface area contributed by atoms with Crippen LogP contribution in [0.5, 0.6) is 0 Å². The van der Waals surface area contributed by atoms with Crippen molar-refractivity contribution in [2.24, 2.45) is 5.92 Å². The molecule has 13 aromatic rings. The topological polar surface area (TPSA) is 40.9 Å². The molecule has 6 nitrogen and oxygen atoms in total. The number of hydrogen-bond acceptors (Lipinski definition) is 5. The lowest BCUT2D eigenvalue weighted by molar-refractivity contribution is 0.432. The minimum Gasteiger partial charge on any atom is -0.458 e. The van der Waals surface area contributed by atoms with E-state index in [1.54, 1.807) is 0 Å². The highest BCUT2D eigenvalue weighted by molar-refractivity contribution is 6.18. The summed E-state index contributed by atoms with van der Waals surface area (Å²) in [5.74, 6) is 1.43. The summed E-state index contributed by atoms with van der Waals surface area (Å²) < 4.78 is 16.1. The first kappa shape index (κ1) is 48.7. The van der Waals surface area contributed by atoms with E-state index in [1.807, 2.05) is 6.07 Å². The van der Waals surface area contributed by atoms with E-state index in [4.69, 9.17) is 15.4 Å². The molecule has 0 fully saturated rings. The fourth-order valence-electron chi connectivity index (χ4n) is 15.0. The minimum absolute atomic E-state index is 0.0381. The molecule has 0 bridgehead atoms. The van der Waals surface area contributed by atoms with E-state index in [1.165, 1.54) is 61.5 Å². The molecule has 0 amide bonds. The van der Waals surface area contributed by atoms with Crippen molar-refractivity contribution >= 4 is 113 Å². The van der Waals surface area contributed by atoms with E-state index in [9.17, 15) is 0 Å². The molecule has 86 heavy (non-hydrogen) atoms. The number of anilines is 7. The number of aryl methyl sites for hydroxylation is 1. The summed E-state index contributed by atoms with van der Waals surface area (Å²) >= 11 is 0. The molecule has 3 aromatic heterocycles. The van der Waals surface area contributed by atoms with Crippen LogP contribution < -0.4 is 14.7 Å². The zero-order chi connectivity index (χ0) is 56.9. The Morgan fingerprint density at radius 2 is 1.15 bits per heavy atom. The Morgan fingerprint density at radius 3 is 1.95 bits per heavy atom. The number of para-hydroxylation sites is 6. The van der Waals surface area contributed by atoms with Gasteiger partial charge in [0, 0.05) is 101 Å². The van der Waals surface area contributed by atoms with Crippen LogP contribution in [0.2, 0.25) is 0 Å². The summed E-state index contributed by atoms with van der Waals surface area (Å²) in [6, 6.07) is 83.8. The number of furan rings is 2. The molecule has 3 aliphatic heterocycles. The summed E-state index contributed by atoms with van der Waals surface area (Å²) in [5.41, 5.74) is 27.2. The van der Waals surface area contributed by atoms with Gasteiger partial charge in [0.2, 0.25) is 0 Å². The maximum absolute atomic E-state index is 6.78. The number of fused-ring (bicyclic) bond motifs is 18. The smallest absolute Gasteiger partial charge is 0.159 e. The first-order chi connectivity index (χ1) is 42.4. The second kappa shape index (κ2) is 18.6. The lowest BCUT2D eigenvalue weighted by Gasteiger charge is -2.42. The summed E-state index contributed by atoms with van der Waals surface area (Å²) in [7, 11) is 0. The fourth-order valence-corrected chi connectivity index (χ4v) is 15.0. The lowest BCUT2D eigenvalue weighted by atomic mass is 9.76. The zero-order valence-corrected chi connectivity index (χ0v) is 47.5. The van der Waals surface area contributed by atoms with Crippen molar-refractivity contribution in [3.63, 3.8) is 0 Å². The number of hydrogen-bond donors (Lipinski definition) is 0. The van der Waals surface area contributed by atoms with Crippen LogP contribution in [0, 0.1) is 12.8 Å². The molecule has 408 valence electrons. The van der Waals surface area contributed by atoms with E-state index in [0.717, 1.165) is 101 Å². The molecule has 0 N–H and O–H groups in total. The molecular weight excluding hydrogens is 1050 g/mol. The van der Waals surface area contributed by atoms with Crippen LogP contribution in [-0.2, 0) is 0 Å². The highest BCUT2D eigenvalue weighted by atomic mass is 16.3. The molecule has 10 aromatic carbocycles. The molecule has 0 spiro atoms. The third-order valence-electron chi connectivity index (χ3n) is 19.0. The molecule has 2 aliphatic carbocycles. The second-order valence-electron chi connectivity index (χ2n) is 23.7. The molecule has 6 heterocycles. The Morgan fingerprint density at radius 1 is 0.500 bits per heavy atom. The van der Waals surface area contributed by atoms with Gasteiger partial charge in [-0.1, -0.05) is 196 Å². The van der Waals surface area contributed by atoms with Crippen LogP contribution in [0.4, 0.5) is 39.8 Å². The fraction of sp³-hybridized carbons (Fsp3) is 0.0750. The zero-order valence-electron chi connectivity index (χ0n) is 47.5. The molecule has 0 saturated carbocycles. The van der Waals surface area contributed by atoms with Gasteiger partial charge in [-0.2, -0.15) is 0 Å². The maximum atomic E-state index is 6.78. The molecule has 5 aliphatic rings. The largest absolute Gasteiger partial charge is 0.458 e. The van der Waals surface area contributed by atoms with Gasteiger partial charge in [-0.3, -0.25) is 0 Å². The monoisotopic (exact) mass is 1100 g/mol. The van der Waals surface area contributed by atoms with Crippen LogP contribution in [0.3, 0.4) is 0 Å². The van der Waals surface area contributed by atoms with Gasteiger partial charge in [0.1, 0.15) is 16.9 Å². The highest BCUT2D eigenvalue weighted by Gasteiger charge is 2.43. The van der Waals surface area contributed by atoms with Crippen LogP contribution in [0.1, 0.15) is 80.8 Å². The predicted octanol–water partition coefficient (Wildman–Crippen LogP) is 21.5. The average molecular weight is 1110 g/mol. The number of allylic oxidation sites excluding steroid dienone is 5. The van der Waals surface area contributed by atoms with Gasteiger partial charge in [-0.25, -0.2) is 0 Å². The first-order valence-electron chi connectivity index (χ1n) is 29.9. The Bertz CT molecular complexity index is 5130. The normalized spacial score (nSPS) is 18.9. The Hall–Kier alpha value is -10.8. The first-order valence-corrected chi connectivity index (χ1v) is 29.9. The summed E-state index contributed by atoms with van der Waals surface area (Å²) in [6.45, 7) is 9.31. The standard InChI is InChI=1S/C80H56N4O2/c1-48-30-41-58(52-35-39-56(40-36-52)82(54-20-8-5-9-21-54)76-50(3)32-43-63-60-23-13-17-29-73(60)86-80(63)76)77-65-25-11-15-27-69(65)83(77)70-47-67-61-45-44-57(74-64-24-10-14-26-68(64)84(78(61)74)71(67)46-66(48)70)51-33-37-55(38-34-51)81(53-18-6-4-7-19-53)75-49(2)31-42-62-59-22-12-16-28-72(59)85-79(62)75/h4-47,49,57,74-75H,1H2,2-3H3/b41-30-,77-58+. The Labute approximate surface area is 498 Å². The van der Waals surface area contributed by atoms with E-state index >= 15 is 0 Å². The molecule has 0 radical (unpaired) electrons. The highest BCUT2D eigenvalue weighted by Crippen LogP contribution is 2.59. The Balaban J connectivity index is 0.735. The number of rotatable bonds is 8. The van der Waals surface area contributed by atoms with Gasteiger partial charge < -0.3 is 28.1 Å². The van der Waals surface area contributed by atoms with Gasteiger partial charge >= 0.3 is 0 Å². The van der Waals surface area contributed by atoms with Crippen LogP contribution in [0.25, 0.3) is 78.5 Å². The minimum atomic E-state index is -0.0381. The van der Waals surface area contributed by atoms with Gasteiger partial charge in [-0.05, 0) is 120 Å². The molecular formula is C80H56N4O2. The number of nitrogens with zero attached hydrogens (tertiary/aromatic N) is 4. The van der Waals surface area contributed by atoms with E-state index in [2.05, 4.69) is 294 Å². The molecule has 18 rings (SSSR count). The van der Waals surface area contributed by atoms with Gasteiger partial charge in [0.25, 0.3) is 0 Å². The third-order valence-corrected chi connectivity index (χ3v) is 19.0. The second-order valence-corrected chi connectivity index (χ2v) is 23.7. The molecule has 4 unspecified atom stereocenters. The van der Waals surface area contributed by atoms with E-state index in [0.29, 0.717) is 0 Å². The number of benzene rings is 10. The van der Waals surface area contributed by atoms with Crippen molar-refractivity contribution in [2.75, 3.05) is 14.7 Å². The van der Waals surface area contributed by atoms with E-state index in [-0.39, 0.29) is 23.8 Å². The number of aromatic nitrogens is 1. The molecule has 4 atom stereocenters. The van der Waals surface area contributed by atoms with Crippen LogP contribution >= 0.6 is 0 Å². The quantitative estimate of drug-likeness (QED) is 0.152. The summed E-state index contributed by atoms with van der Waals surface area (Å²) in [6.07, 6.45) is 14.0.